The Kier molecular flexibility index (Phi) is 9.78. The molecule has 0 spiro atoms. The molecule has 174 valence electrons. The number of benzene rings is 3. The third kappa shape index (κ3) is 7.62. The number of carbonyl (C=O) groups is 1. The largest absolute Gasteiger partial charge is 0.376 e. The molecule has 0 heterocycles. The first-order valence-electron chi connectivity index (χ1n) is 11.1. The number of rotatable bonds is 14. The number of hydrogen-bond donors (Lipinski definition) is 0. The number of methoxy groups -OCH3 is 1. The molecule has 3 atom stereocenters. The Morgan fingerprint density at radius 2 is 1.24 bits per heavy atom. The van der Waals surface area contributed by atoms with E-state index in [1.807, 2.05) is 91.0 Å². The molecule has 0 bridgehead atoms. The fourth-order valence-electron chi connectivity index (χ4n) is 3.54. The van der Waals surface area contributed by atoms with Crippen molar-refractivity contribution in [1.82, 2.24) is 0 Å². The Bertz CT molecular complexity index is 932. The molecule has 0 N–H and O–H groups in total. The molecular formula is C28H32O5. The minimum atomic E-state index is -1.23. The van der Waals surface area contributed by atoms with Crippen LogP contribution in [0.25, 0.3) is 0 Å². The van der Waals surface area contributed by atoms with Gasteiger partial charge in [-0.05, 0) is 23.6 Å². The summed E-state index contributed by atoms with van der Waals surface area (Å²) in [6.45, 7) is 3.03. The predicted octanol–water partition coefficient (Wildman–Crippen LogP) is 4.98. The Morgan fingerprint density at radius 1 is 0.758 bits per heavy atom. The Morgan fingerprint density at radius 3 is 1.73 bits per heavy atom. The van der Waals surface area contributed by atoms with Gasteiger partial charge in [0.2, 0.25) is 0 Å². The third-order valence-electron chi connectivity index (χ3n) is 5.50. The van der Waals surface area contributed by atoms with Gasteiger partial charge in [-0.25, -0.2) is 0 Å². The first kappa shape index (κ1) is 24.8. The molecule has 5 heteroatoms. The van der Waals surface area contributed by atoms with E-state index >= 15 is 0 Å². The van der Waals surface area contributed by atoms with Crippen LogP contribution >= 0.6 is 0 Å². The smallest absolute Gasteiger partial charge is 0.154 e. The fourth-order valence-corrected chi connectivity index (χ4v) is 3.54. The zero-order chi connectivity index (χ0) is 23.4. The summed E-state index contributed by atoms with van der Waals surface area (Å²) < 4.78 is 24.1. The van der Waals surface area contributed by atoms with E-state index in [9.17, 15) is 4.79 Å². The van der Waals surface area contributed by atoms with E-state index in [4.69, 9.17) is 18.9 Å². The highest BCUT2D eigenvalue weighted by Gasteiger charge is 2.42. The van der Waals surface area contributed by atoms with Gasteiger partial charge in [-0.1, -0.05) is 91.0 Å². The molecule has 0 aliphatic rings. The number of aldehydes is 1. The molecule has 5 nitrogen and oxygen atoms in total. The molecule has 0 unspecified atom stereocenters. The van der Waals surface area contributed by atoms with Crippen LogP contribution in [0.2, 0.25) is 0 Å². The highest BCUT2D eigenvalue weighted by Crippen LogP contribution is 2.25. The summed E-state index contributed by atoms with van der Waals surface area (Å²) in [4.78, 5) is 12.3. The second-order valence-corrected chi connectivity index (χ2v) is 8.07. The van der Waals surface area contributed by atoms with Gasteiger partial charge >= 0.3 is 0 Å². The lowest BCUT2D eigenvalue weighted by molar-refractivity contribution is -0.193. The van der Waals surface area contributed by atoms with Crippen molar-refractivity contribution in [3.05, 3.63) is 108 Å². The zero-order valence-electron chi connectivity index (χ0n) is 19.3. The molecule has 0 fully saturated rings. The van der Waals surface area contributed by atoms with E-state index in [0.29, 0.717) is 13.2 Å². The van der Waals surface area contributed by atoms with Crippen molar-refractivity contribution >= 4 is 6.29 Å². The molecule has 3 rings (SSSR count). The Labute approximate surface area is 196 Å². The van der Waals surface area contributed by atoms with Crippen molar-refractivity contribution in [2.45, 2.75) is 44.6 Å². The lowest BCUT2D eigenvalue weighted by Gasteiger charge is -2.37. The molecule has 0 radical (unpaired) electrons. The van der Waals surface area contributed by atoms with Gasteiger partial charge in [-0.15, -0.1) is 0 Å². The lowest BCUT2D eigenvalue weighted by Crippen LogP contribution is -2.53. The zero-order valence-corrected chi connectivity index (χ0v) is 19.3. The second kappa shape index (κ2) is 13.0. The van der Waals surface area contributed by atoms with Crippen LogP contribution in [0.1, 0.15) is 23.6 Å². The fraction of sp³-hybridized carbons (Fsp3) is 0.321. The second-order valence-electron chi connectivity index (χ2n) is 8.07. The van der Waals surface area contributed by atoms with Crippen molar-refractivity contribution in [1.29, 1.82) is 0 Å². The maximum absolute atomic E-state index is 12.3. The van der Waals surface area contributed by atoms with Gasteiger partial charge in [-0.2, -0.15) is 0 Å². The predicted molar refractivity (Wildman–Crippen MR) is 128 cm³/mol. The minimum absolute atomic E-state index is 0.253. The Hall–Kier alpha value is -2.83. The van der Waals surface area contributed by atoms with Gasteiger partial charge in [-0.3, -0.25) is 0 Å². The van der Waals surface area contributed by atoms with Crippen LogP contribution in [0, 0.1) is 0 Å². The average Bonchev–Trinajstić information content (AvgIpc) is 2.88. The van der Waals surface area contributed by atoms with Crippen molar-refractivity contribution in [2.24, 2.45) is 0 Å². The monoisotopic (exact) mass is 448 g/mol. The van der Waals surface area contributed by atoms with Crippen LogP contribution in [0.5, 0.6) is 0 Å². The highest BCUT2D eigenvalue weighted by atomic mass is 16.6. The first-order chi connectivity index (χ1) is 16.1. The van der Waals surface area contributed by atoms with E-state index in [1.54, 1.807) is 14.0 Å². The molecule has 0 aliphatic heterocycles. The highest BCUT2D eigenvalue weighted by molar-refractivity contribution is 5.63. The van der Waals surface area contributed by atoms with Crippen LogP contribution in [0.3, 0.4) is 0 Å². The van der Waals surface area contributed by atoms with Gasteiger partial charge in [0.25, 0.3) is 0 Å². The van der Waals surface area contributed by atoms with Gasteiger partial charge in [0.1, 0.15) is 17.8 Å². The molecule has 0 aromatic heterocycles. The summed E-state index contributed by atoms with van der Waals surface area (Å²) in [5.41, 5.74) is 1.80. The van der Waals surface area contributed by atoms with Crippen molar-refractivity contribution in [3.63, 3.8) is 0 Å². The van der Waals surface area contributed by atoms with E-state index in [1.165, 1.54) is 0 Å². The van der Waals surface area contributed by atoms with Gasteiger partial charge < -0.3 is 23.7 Å². The number of ether oxygens (including phenoxy) is 4. The summed E-state index contributed by atoms with van der Waals surface area (Å²) in [5, 5.41) is 0. The molecule has 3 aromatic rings. The topological polar surface area (TPSA) is 54.0 Å². The number of hydrogen-bond acceptors (Lipinski definition) is 5. The van der Waals surface area contributed by atoms with Crippen LogP contribution in [0.4, 0.5) is 0 Å². The molecule has 0 saturated carbocycles. The van der Waals surface area contributed by atoms with Crippen LogP contribution in [0.15, 0.2) is 91.0 Å². The van der Waals surface area contributed by atoms with E-state index < -0.39 is 17.8 Å². The van der Waals surface area contributed by atoms with E-state index in [2.05, 4.69) is 0 Å². The Balaban J connectivity index is 1.73. The SMILES string of the molecule is CO[C@H](COCc1ccccc1)[C@@H](OCc1ccccc1)[C@](C)(C=O)OCc1ccccc1. The van der Waals surface area contributed by atoms with Crippen LogP contribution in [-0.4, -0.2) is 37.8 Å². The van der Waals surface area contributed by atoms with Crippen molar-refractivity contribution < 1.29 is 23.7 Å². The lowest BCUT2D eigenvalue weighted by atomic mass is 9.95. The van der Waals surface area contributed by atoms with Crippen molar-refractivity contribution in [2.75, 3.05) is 13.7 Å². The third-order valence-corrected chi connectivity index (χ3v) is 5.50. The molecule has 0 saturated heterocycles. The van der Waals surface area contributed by atoms with Crippen molar-refractivity contribution in [3.8, 4) is 0 Å². The summed E-state index contributed by atoms with van der Waals surface area (Å²) in [5.74, 6) is 0. The van der Waals surface area contributed by atoms with Crippen LogP contribution in [-0.2, 0) is 43.6 Å². The summed E-state index contributed by atoms with van der Waals surface area (Å²) in [6, 6.07) is 29.5. The maximum Gasteiger partial charge on any atom is 0.154 e. The number of carbonyl (C=O) groups excluding carboxylic acids is 1. The van der Waals surface area contributed by atoms with E-state index in [-0.39, 0.29) is 13.2 Å². The quantitative estimate of drug-likeness (QED) is 0.326. The summed E-state index contributed by atoms with van der Waals surface area (Å²) in [6.07, 6.45) is -0.391. The summed E-state index contributed by atoms with van der Waals surface area (Å²) in [7, 11) is 1.60. The van der Waals surface area contributed by atoms with Gasteiger partial charge in [0.15, 0.2) is 6.29 Å². The van der Waals surface area contributed by atoms with Gasteiger partial charge in [0, 0.05) is 7.11 Å². The maximum atomic E-state index is 12.3. The average molecular weight is 449 g/mol. The molecule has 0 aliphatic carbocycles. The molecule has 0 amide bonds. The first-order valence-corrected chi connectivity index (χ1v) is 11.1. The molecular weight excluding hydrogens is 416 g/mol. The standard InChI is InChI=1S/C28H32O5/c1-28(22-29,33-20-25-16-10-5-11-17-25)27(32-19-24-14-8-4-9-15-24)26(30-2)21-31-18-23-12-6-3-7-13-23/h3-17,22,26-27H,18-21H2,1-2H3/t26-,27-,28+/m1/s1. The summed E-state index contributed by atoms with van der Waals surface area (Å²) >= 11 is 0. The molecule has 33 heavy (non-hydrogen) atoms. The minimum Gasteiger partial charge on any atom is -0.376 e. The normalized spacial score (nSPS) is 14.8. The van der Waals surface area contributed by atoms with E-state index in [0.717, 1.165) is 23.0 Å². The van der Waals surface area contributed by atoms with Gasteiger partial charge in [0.05, 0.1) is 26.4 Å². The van der Waals surface area contributed by atoms with Crippen LogP contribution < -0.4 is 0 Å². The molecule has 3 aromatic carbocycles.